The Morgan fingerprint density at radius 3 is 2.53 bits per heavy atom. The van der Waals surface area contributed by atoms with E-state index in [9.17, 15) is 4.79 Å². The van der Waals surface area contributed by atoms with Crippen molar-refractivity contribution in [2.45, 2.75) is 84.7 Å². The van der Waals surface area contributed by atoms with E-state index >= 15 is 0 Å². The molecule has 162 valence electrons. The molecule has 5 rings (SSSR count). The molecule has 2 nitrogen and oxygen atoms in total. The van der Waals surface area contributed by atoms with E-state index in [-0.39, 0.29) is 17.5 Å². The summed E-state index contributed by atoms with van der Waals surface area (Å²) in [6.45, 7) is 6.65. The predicted octanol–water partition coefficient (Wildman–Crippen LogP) is 7.04. The molecule has 0 aliphatic heterocycles. The summed E-state index contributed by atoms with van der Waals surface area (Å²) in [6, 6.07) is 10.6. The Labute approximate surface area is 182 Å². The highest BCUT2D eigenvalue weighted by Gasteiger charge is 2.61. The lowest BCUT2D eigenvalue weighted by atomic mass is 9.45. The summed E-state index contributed by atoms with van der Waals surface area (Å²) in [5, 5.41) is 0. The van der Waals surface area contributed by atoms with Crippen molar-refractivity contribution in [3.05, 3.63) is 41.5 Å². The number of esters is 1. The lowest BCUT2D eigenvalue weighted by Gasteiger charge is -2.60. The van der Waals surface area contributed by atoms with Gasteiger partial charge in [0.25, 0.3) is 0 Å². The summed E-state index contributed by atoms with van der Waals surface area (Å²) >= 11 is 0. The maximum atomic E-state index is 12.1. The number of hydrogen-bond donors (Lipinski definition) is 0. The minimum absolute atomic E-state index is 0.0574. The van der Waals surface area contributed by atoms with E-state index in [1.165, 1.54) is 62.5 Å². The zero-order valence-electron chi connectivity index (χ0n) is 19.0. The lowest BCUT2D eigenvalue weighted by molar-refractivity contribution is -0.159. The number of carbonyl (C=O) groups is 1. The first kappa shape index (κ1) is 20.3. The minimum Gasteiger partial charge on any atom is -0.457 e. The molecule has 2 heteroatoms. The van der Waals surface area contributed by atoms with E-state index in [4.69, 9.17) is 4.74 Å². The standard InChI is InChI=1S/C28H38O2/c1-19(29)30-26-21(17-20-9-5-4-6-10-20)18-25-23-13-12-22-11-7-8-15-27(22,2)24(23)14-16-28(25,26)3/h4-6,9-10,17,22-26H,7-8,11-16,18H2,1-3H3/b21-17+/t22-,23-,24-,25-,26-,27+,28+/m1/s1. The van der Waals surface area contributed by atoms with E-state index in [0.29, 0.717) is 11.3 Å². The lowest BCUT2D eigenvalue weighted by Crippen LogP contribution is -2.53. The minimum atomic E-state index is -0.133. The van der Waals surface area contributed by atoms with Crippen LogP contribution in [0.2, 0.25) is 0 Å². The Morgan fingerprint density at radius 2 is 1.77 bits per heavy atom. The van der Waals surface area contributed by atoms with Crippen LogP contribution < -0.4 is 0 Å². The Morgan fingerprint density at radius 1 is 0.967 bits per heavy atom. The molecule has 4 aliphatic carbocycles. The highest BCUT2D eigenvalue weighted by molar-refractivity contribution is 5.67. The maximum Gasteiger partial charge on any atom is 0.303 e. The summed E-state index contributed by atoms with van der Waals surface area (Å²) < 4.78 is 6.07. The molecule has 4 fully saturated rings. The average molecular weight is 407 g/mol. The molecule has 0 spiro atoms. The zero-order chi connectivity index (χ0) is 20.9. The van der Waals surface area contributed by atoms with Crippen molar-refractivity contribution >= 4 is 12.0 Å². The van der Waals surface area contributed by atoms with Crippen molar-refractivity contribution in [2.24, 2.45) is 34.5 Å². The normalized spacial score (nSPS) is 44.1. The van der Waals surface area contributed by atoms with Gasteiger partial charge in [-0.3, -0.25) is 4.79 Å². The van der Waals surface area contributed by atoms with Gasteiger partial charge in [0.2, 0.25) is 0 Å². The van der Waals surface area contributed by atoms with Gasteiger partial charge in [-0.2, -0.15) is 0 Å². The topological polar surface area (TPSA) is 26.3 Å². The van der Waals surface area contributed by atoms with Crippen LogP contribution >= 0.6 is 0 Å². The van der Waals surface area contributed by atoms with Gasteiger partial charge in [-0.25, -0.2) is 0 Å². The van der Waals surface area contributed by atoms with Gasteiger partial charge < -0.3 is 4.74 Å². The van der Waals surface area contributed by atoms with Crippen molar-refractivity contribution in [1.82, 2.24) is 0 Å². The molecule has 0 unspecified atom stereocenters. The van der Waals surface area contributed by atoms with Gasteiger partial charge >= 0.3 is 5.97 Å². The molecular formula is C28H38O2. The van der Waals surface area contributed by atoms with Gasteiger partial charge in [-0.15, -0.1) is 0 Å². The first-order chi connectivity index (χ1) is 14.4. The predicted molar refractivity (Wildman–Crippen MR) is 122 cm³/mol. The Kier molecular flexibility index (Phi) is 5.11. The summed E-state index contributed by atoms with van der Waals surface area (Å²) in [7, 11) is 0. The SMILES string of the molecule is CC(=O)O[C@@H]1/C(=C/c2ccccc2)C[C@@H]2[C@@H]3CC[C@H]4CCCC[C@]4(C)[C@@H]3CC[C@]12C. The molecule has 0 aromatic heterocycles. The number of ether oxygens (including phenoxy) is 1. The van der Waals surface area contributed by atoms with Gasteiger partial charge in [0.1, 0.15) is 6.10 Å². The van der Waals surface area contributed by atoms with Crippen molar-refractivity contribution in [2.75, 3.05) is 0 Å². The molecule has 0 bridgehead atoms. The third-order valence-corrected chi connectivity index (χ3v) is 9.85. The highest BCUT2D eigenvalue weighted by Crippen LogP contribution is 2.67. The smallest absolute Gasteiger partial charge is 0.303 e. The molecule has 0 amide bonds. The van der Waals surface area contributed by atoms with Crippen LogP contribution in [0.25, 0.3) is 6.08 Å². The summed E-state index contributed by atoms with van der Waals surface area (Å²) in [6.07, 6.45) is 14.4. The molecular weight excluding hydrogens is 368 g/mol. The van der Waals surface area contributed by atoms with E-state index in [2.05, 4.69) is 50.3 Å². The summed E-state index contributed by atoms with van der Waals surface area (Å²) in [5.74, 6) is 3.12. The third kappa shape index (κ3) is 3.17. The number of benzene rings is 1. The quantitative estimate of drug-likeness (QED) is 0.492. The molecule has 7 atom stereocenters. The Balaban J connectivity index is 1.50. The van der Waals surface area contributed by atoms with Gasteiger partial charge in [-0.05, 0) is 85.2 Å². The monoisotopic (exact) mass is 406 g/mol. The van der Waals surface area contributed by atoms with Crippen molar-refractivity contribution in [1.29, 1.82) is 0 Å². The molecule has 0 saturated heterocycles. The van der Waals surface area contributed by atoms with Gasteiger partial charge in [0.15, 0.2) is 0 Å². The average Bonchev–Trinajstić information content (AvgIpc) is 3.00. The second-order valence-electron chi connectivity index (χ2n) is 11.3. The Bertz CT molecular complexity index is 826. The van der Waals surface area contributed by atoms with Crippen LogP contribution in [0.5, 0.6) is 0 Å². The fourth-order valence-electron chi connectivity index (χ4n) is 8.41. The number of carbonyl (C=O) groups excluding carboxylic acids is 1. The second kappa shape index (κ2) is 7.53. The third-order valence-electron chi connectivity index (χ3n) is 9.85. The molecule has 1 aromatic carbocycles. The highest BCUT2D eigenvalue weighted by atomic mass is 16.5. The van der Waals surface area contributed by atoms with Gasteiger partial charge in [0.05, 0.1) is 0 Å². The largest absolute Gasteiger partial charge is 0.457 e. The molecule has 0 radical (unpaired) electrons. The number of rotatable bonds is 2. The van der Waals surface area contributed by atoms with Crippen LogP contribution in [-0.2, 0) is 9.53 Å². The van der Waals surface area contributed by atoms with Gasteiger partial charge in [-0.1, -0.05) is 63.1 Å². The van der Waals surface area contributed by atoms with Crippen LogP contribution in [0.15, 0.2) is 35.9 Å². The van der Waals surface area contributed by atoms with E-state index in [0.717, 1.165) is 24.2 Å². The zero-order valence-corrected chi connectivity index (χ0v) is 19.0. The van der Waals surface area contributed by atoms with Crippen molar-refractivity contribution < 1.29 is 9.53 Å². The molecule has 0 N–H and O–H groups in total. The maximum absolute atomic E-state index is 12.1. The molecule has 0 heterocycles. The van der Waals surface area contributed by atoms with Crippen molar-refractivity contribution in [3.63, 3.8) is 0 Å². The first-order valence-corrected chi connectivity index (χ1v) is 12.3. The Hall–Kier alpha value is -1.57. The number of fused-ring (bicyclic) bond motifs is 5. The molecule has 4 aliphatic rings. The summed E-state index contributed by atoms with van der Waals surface area (Å²) in [5.41, 5.74) is 3.21. The number of hydrogen-bond acceptors (Lipinski definition) is 2. The fraction of sp³-hybridized carbons (Fsp3) is 0.679. The van der Waals surface area contributed by atoms with Crippen LogP contribution in [0, 0.1) is 34.5 Å². The first-order valence-electron chi connectivity index (χ1n) is 12.3. The molecule has 1 aromatic rings. The fourth-order valence-corrected chi connectivity index (χ4v) is 8.41. The van der Waals surface area contributed by atoms with E-state index in [1.54, 1.807) is 6.92 Å². The van der Waals surface area contributed by atoms with Crippen LogP contribution in [0.3, 0.4) is 0 Å². The molecule has 4 saturated carbocycles. The van der Waals surface area contributed by atoms with Crippen LogP contribution in [0.1, 0.15) is 84.1 Å². The second-order valence-corrected chi connectivity index (χ2v) is 11.3. The molecule has 30 heavy (non-hydrogen) atoms. The van der Waals surface area contributed by atoms with E-state index in [1.807, 2.05) is 0 Å². The van der Waals surface area contributed by atoms with E-state index < -0.39 is 0 Å². The van der Waals surface area contributed by atoms with Crippen LogP contribution in [0.4, 0.5) is 0 Å². The van der Waals surface area contributed by atoms with Gasteiger partial charge in [0, 0.05) is 12.3 Å². The van der Waals surface area contributed by atoms with Crippen LogP contribution in [-0.4, -0.2) is 12.1 Å². The summed E-state index contributed by atoms with van der Waals surface area (Å²) in [4.78, 5) is 12.1. The van der Waals surface area contributed by atoms with Crippen molar-refractivity contribution in [3.8, 4) is 0 Å².